The van der Waals surface area contributed by atoms with Crippen LogP contribution in [0.1, 0.15) is 29.6 Å². The molecule has 0 fully saturated rings. The smallest absolute Gasteiger partial charge is 0.502 e. The largest absolute Gasteiger partial charge is 0.508 e. The van der Waals surface area contributed by atoms with Crippen molar-refractivity contribution in [3.63, 3.8) is 0 Å². The Morgan fingerprint density at radius 1 is 1.09 bits per heavy atom. The Morgan fingerprint density at radius 2 is 1.74 bits per heavy atom. The quantitative estimate of drug-likeness (QED) is 0.274. The molecule has 0 aliphatic heterocycles. The number of benzene rings is 1. The standard InChI is InChI=1S/C15H24O7Si/c1-19-23(20-2,22-12-16)11-5-3-4-10-21-15(18)13-6-8-14(17)9-7-13/h6-9,16-17H,3-5,10-12H2,1-2H3. The van der Waals surface area contributed by atoms with Crippen LogP contribution in [0.4, 0.5) is 0 Å². The first-order valence-electron chi connectivity index (χ1n) is 7.38. The van der Waals surface area contributed by atoms with Gasteiger partial charge in [0.2, 0.25) is 0 Å². The number of esters is 1. The van der Waals surface area contributed by atoms with Crippen LogP contribution < -0.4 is 0 Å². The van der Waals surface area contributed by atoms with E-state index >= 15 is 0 Å². The van der Waals surface area contributed by atoms with Crippen LogP contribution in [0.15, 0.2) is 24.3 Å². The highest BCUT2D eigenvalue weighted by molar-refractivity contribution is 6.60. The van der Waals surface area contributed by atoms with Crippen LogP contribution in [0.25, 0.3) is 0 Å². The van der Waals surface area contributed by atoms with Gasteiger partial charge in [0.15, 0.2) is 0 Å². The van der Waals surface area contributed by atoms with Gasteiger partial charge in [-0.2, -0.15) is 0 Å². The molecule has 0 radical (unpaired) electrons. The van der Waals surface area contributed by atoms with Crippen molar-refractivity contribution in [1.29, 1.82) is 0 Å². The minimum atomic E-state index is -2.76. The summed E-state index contributed by atoms with van der Waals surface area (Å²) in [6, 6.07) is 6.50. The molecule has 0 atom stereocenters. The number of hydrogen-bond acceptors (Lipinski definition) is 7. The fourth-order valence-electron chi connectivity index (χ4n) is 2.04. The zero-order valence-corrected chi connectivity index (χ0v) is 14.5. The van der Waals surface area contributed by atoms with E-state index in [2.05, 4.69) is 0 Å². The third-order valence-electron chi connectivity index (χ3n) is 3.37. The molecule has 23 heavy (non-hydrogen) atoms. The van der Waals surface area contributed by atoms with Crippen LogP contribution in [0.2, 0.25) is 6.04 Å². The second-order valence-electron chi connectivity index (χ2n) is 4.86. The number of aliphatic hydroxyl groups is 1. The van der Waals surface area contributed by atoms with Crippen molar-refractivity contribution in [2.24, 2.45) is 0 Å². The summed E-state index contributed by atoms with van der Waals surface area (Å²) in [6.45, 7) is -0.118. The maximum atomic E-state index is 11.7. The lowest BCUT2D eigenvalue weighted by molar-refractivity contribution is 0.0144. The average Bonchev–Trinajstić information content (AvgIpc) is 2.57. The molecule has 0 bridgehead atoms. The van der Waals surface area contributed by atoms with Gasteiger partial charge in [-0.3, -0.25) is 0 Å². The molecule has 0 unspecified atom stereocenters. The molecule has 0 aliphatic rings. The van der Waals surface area contributed by atoms with E-state index in [1.807, 2.05) is 0 Å². The number of phenols is 1. The van der Waals surface area contributed by atoms with Crippen molar-refractivity contribution in [1.82, 2.24) is 0 Å². The zero-order chi connectivity index (χ0) is 17.1. The van der Waals surface area contributed by atoms with Crippen molar-refractivity contribution >= 4 is 14.8 Å². The Morgan fingerprint density at radius 3 is 2.30 bits per heavy atom. The molecular formula is C15H24O7Si. The summed E-state index contributed by atoms with van der Waals surface area (Å²) in [5, 5.41) is 18.0. The first-order chi connectivity index (χ1) is 11.1. The number of rotatable bonds is 11. The van der Waals surface area contributed by atoms with Gasteiger partial charge >= 0.3 is 14.8 Å². The predicted octanol–water partition coefficient (Wildman–Crippen LogP) is 1.92. The molecule has 1 aromatic rings. The summed E-state index contributed by atoms with van der Waals surface area (Å²) in [7, 11) is 0.245. The van der Waals surface area contributed by atoms with Crippen LogP contribution >= 0.6 is 0 Å². The number of carbonyl (C=O) groups excluding carboxylic acids is 1. The summed E-state index contributed by atoms with van der Waals surface area (Å²) >= 11 is 0. The Balaban J connectivity index is 2.22. The Hall–Kier alpha value is -1.45. The maximum Gasteiger partial charge on any atom is 0.502 e. The van der Waals surface area contributed by atoms with Crippen LogP contribution in [0.5, 0.6) is 5.75 Å². The number of carbonyl (C=O) groups is 1. The molecule has 0 heterocycles. The number of unbranched alkanes of at least 4 members (excludes halogenated alkanes) is 2. The van der Waals surface area contributed by atoms with Crippen LogP contribution in [-0.4, -0.2) is 52.6 Å². The molecule has 0 aromatic heterocycles. The maximum absolute atomic E-state index is 11.7. The fraction of sp³-hybridized carbons (Fsp3) is 0.533. The normalized spacial score (nSPS) is 11.4. The number of aliphatic hydroxyl groups excluding tert-OH is 1. The molecule has 0 saturated carbocycles. The van der Waals surface area contributed by atoms with Crippen molar-refractivity contribution < 1.29 is 33.0 Å². The van der Waals surface area contributed by atoms with Gasteiger partial charge in [0.1, 0.15) is 12.5 Å². The molecule has 2 N–H and O–H groups in total. The SMILES string of the molecule is CO[Si](CCCCCOC(=O)c1ccc(O)cc1)(OC)OCO. The Labute approximate surface area is 137 Å². The first-order valence-corrected chi connectivity index (χ1v) is 9.31. The molecule has 130 valence electrons. The molecule has 0 spiro atoms. The van der Waals surface area contributed by atoms with Gasteiger partial charge in [0.25, 0.3) is 0 Å². The van der Waals surface area contributed by atoms with E-state index in [9.17, 15) is 4.79 Å². The van der Waals surface area contributed by atoms with Crippen molar-refractivity contribution in [2.75, 3.05) is 27.6 Å². The van der Waals surface area contributed by atoms with Gasteiger partial charge < -0.3 is 28.2 Å². The topological polar surface area (TPSA) is 94.5 Å². The summed E-state index contributed by atoms with van der Waals surface area (Å²) in [6.07, 6.45) is 2.31. The Bertz CT molecular complexity index is 459. The highest BCUT2D eigenvalue weighted by atomic mass is 28.4. The molecule has 8 heteroatoms. The van der Waals surface area contributed by atoms with Gasteiger partial charge in [-0.25, -0.2) is 4.79 Å². The molecule has 7 nitrogen and oxygen atoms in total. The van der Waals surface area contributed by atoms with Crippen molar-refractivity contribution in [2.45, 2.75) is 25.3 Å². The molecule has 0 amide bonds. The van der Waals surface area contributed by atoms with Gasteiger partial charge in [-0.1, -0.05) is 6.42 Å². The highest BCUT2D eigenvalue weighted by Crippen LogP contribution is 2.18. The van der Waals surface area contributed by atoms with E-state index in [1.54, 1.807) is 0 Å². The lowest BCUT2D eigenvalue weighted by Gasteiger charge is -2.25. The molecule has 0 aliphatic carbocycles. The molecule has 1 rings (SSSR count). The van der Waals surface area contributed by atoms with Crippen molar-refractivity contribution in [3.05, 3.63) is 29.8 Å². The number of aromatic hydroxyl groups is 1. The van der Waals surface area contributed by atoms with E-state index in [0.29, 0.717) is 24.6 Å². The third kappa shape index (κ3) is 6.67. The van der Waals surface area contributed by atoms with E-state index in [1.165, 1.54) is 38.5 Å². The van der Waals surface area contributed by atoms with Gasteiger partial charge in [0.05, 0.1) is 12.2 Å². The van der Waals surface area contributed by atoms with E-state index in [4.69, 9.17) is 28.2 Å². The lowest BCUT2D eigenvalue weighted by atomic mass is 10.2. The van der Waals surface area contributed by atoms with Crippen LogP contribution in [-0.2, 0) is 18.0 Å². The molecule has 1 aromatic carbocycles. The number of hydrogen-bond donors (Lipinski definition) is 2. The van der Waals surface area contributed by atoms with Crippen LogP contribution in [0, 0.1) is 0 Å². The number of phenolic OH excluding ortho intramolecular Hbond substituents is 1. The average molecular weight is 344 g/mol. The zero-order valence-electron chi connectivity index (χ0n) is 13.5. The minimum Gasteiger partial charge on any atom is -0.508 e. The van der Waals surface area contributed by atoms with Crippen LogP contribution in [0.3, 0.4) is 0 Å². The predicted molar refractivity (Wildman–Crippen MR) is 85.0 cm³/mol. The molecular weight excluding hydrogens is 320 g/mol. The van der Waals surface area contributed by atoms with E-state index in [-0.39, 0.29) is 5.75 Å². The third-order valence-corrected chi connectivity index (χ3v) is 6.15. The Kier molecular flexibility index (Phi) is 8.81. The van der Waals surface area contributed by atoms with Crippen molar-refractivity contribution in [3.8, 4) is 5.75 Å². The second kappa shape index (κ2) is 10.3. The van der Waals surface area contributed by atoms with Gasteiger partial charge in [0, 0.05) is 20.3 Å². The lowest BCUT2D eigenvalue weighted by Crippen LogP contribution is -2.44. The van der Waals surface area contributed by atoms with Gasteiger partial charge in [-0.15, -0.1) is 0 Å². The summed E-state index contributed by atoms with van der Waals surface area (Å²) in [5.41, 5.74) is 0.407. The highest BCUT2D eigenvalue weighted by Gasteiger charge is 2.38. The summed E-state index contributed by atoms with van der Waals surface area (Å²) in [4.78, 5) is 11.7. The van der Waals surface area contributed by atoms with E-state index < -0.39 is 21.6 Å². The van der Waals surface area contributed by atoms with Gasteiger partial charge in [-0.05, 0) is 37.1 Å². The number of ether oxygens (including phenoxy) is 1. The summed E-state index contributed by atoms with van der Waals surface area (Å²) in [5.74, 6) is -0.304. The second-order valence-corrected chi connectivity index (χ2v) is 7.83. The summed E-state index contributed by atoms with van der Waals surface area (Å²) < 4.78 is 20.9. The molecule has 0 saturated heterocycles. The minimum absolute atomic E-state index is 0.107. The fourth-order valence-corrected chi connectivity index (χ4v) is 3.88. The first kappa shape index (κ1) is 19.6. The monoisotopic (exact) mass is 344 g/mol. The van der Waals surface area contributed by atoms with E-state index in [0.717, 1.165) is 12.8 Å².